The van der Waals surface area contributed by atoms with Gasteiger partial charge in [-0.15, -0.1) is 0 Å². The van der Waals surface area contributed by atoms with Crippen molar-refractivity contribution in [3.63, 3.8) is 0 Å². The largest absolute Gasteiger partial charge is 0.378 e. The molecule has 2 fully saturated rings. The van der Waals surface area contributed by atoms with Crippen LogP contribution >= 0.6 is 11.8 Å². The number of anilines is 2. The first-order valence-electron chi connectivity index (χ1n) is 8.19. The summed E-state index contributed by atoms with van der Waals surface area (Å²) < 4.78 is 5.39. The minimum Gasteiger partial charge on any atom is -0.378 e. The summed E-state index contributed by atoms with van der Waals surface area (Å²) in [4.78, 5) is 25.0. The highest BCUT2D eigenvalue weighted by molar-refractivity contribution is 8.15. The van der Waals surface area contributed by atoms with Crippen molar-refractivity contribution in [2.75, 3.05) is 41.9 Å². The minimum atomic E-state index is 0.00684. The van der Waals surface area contributed by atoms with Crippen molar-refractivity contribution in [2.45, 2.75) is 0 Å². The second-order valence-electron chi connectivity index (χ2n) is 5.72. The van der Waals surface area contributed by atoms with Crippen LogP contribution in [0.3, 0.4) is 0 Å². The van der Waals surface area contributed by atoms with Gasteiger partial charge in [-0.2, -0.15) is 0 Å². The number of nitrogens with zero attached hydrogens (tertiary/aromatic N) is 4. The summed E-state index contributed by atoms with van der Waals surface area (Å²) in [6, 6.07) is 13.6. The number of hydrogen-bond donors (Lipinski definition) is 0. The number of benzene rings is 1. The number of amidine groups is 1. The normalized spacial score (nSPS) is 19.7. The molecule has 7 heteroatoms. The van der Waals surface area contributed by atoms with E-state index >= 15 is 0 Å². The fourth-order valence-electron chi connectivity index (χ4n) is 2.83. The zero-order valence-corrected chi connectivity index (χ0v) is 14.5. The molecule has 0 radical (unpaired) electrons. The standard InChI is InChI=1S/C18H18N4O2S/c23-17-13-25-18(22(17)16-3-1-2-8-19-16)20-14-4-6-15(7-5-14)21-9-11-24-12-10-21/h1-8H,9-13H2. The second-order valence-corrected chi connectivity index (χ2v) is 6.66. The van der Waals surface area contributed by atoms with Crippen molar-refractivity contribution in [1.29, 1.82) is 0 Å². The Morgan fingerprint density at radius 2 is 1.88 bits per heavy atom. The molecule has 2 aromatic rings. The van der Waals surface area contributed by atoms with E-state index in [1.54, 1.807) is 11.1 Å². The topological polar surface area (TPSA) is 58.0 Å². The van der Waals surface area contributed by atoms with Gasteiger partial charge < -0.3 is 9.64 Å². The van der Waals surface area contributed by atoms with Crippen molar-refractivity contribution < 1.29 is 9.53 Å². The molecule has 0 bridgehead atoms. The number of carbonyl (C=O) groups excluding carboxylic acids is 1. The van der Waals surface area contributed by atoms with Crippen LogP contribution < -0.4 is 9.80 Å². The Morgan fingerprint density at radius 3 is 2.60 bits per heavy atom. The smallest absolute Gasteiger partial charge is 0.244 e. The van der Waals surface area contributed by atoms with Crippen LogP contribution in [-0.2, 0) is 9.53 Å². The lowest BCUT2D eigenvalue weighted by Crippen LogP contribution is -2.36. The number of aromatic nitrogens is 1. The summed E-state index contributed by atoms with van der Waals surface area (Å²) in [7, 11) is 0. The molecule has 0 aliphatic carbocycles. The highest BCUT2D eigenvalue weighted by Gasteiger charge is 2.30. The van der Waals surface area contributed by atoms with Crippen LogP contribution in [0, 0.1) is 0 Å². The van der Waals surface area contributed by atoms with E-state index in [1.165, 1.54) is 17.4 Å². The number of thioether (sulfide) groups is 1. The quantitative estimate of drug-likeness (QED) is 0.848. The summed E-state index contributed by atoms with van der Waals surface area (Å²) in [6.07, 6.45) is 1.68. The maximum absolute atomic E-state index is 12.2. The first-order valence-corrected chi connectivity index (χ1v) is 9.18. The monoisotopic (exact) mass is 354 g/mol. The van der Waals surface area contributed by atoms with Gasteiger partial charge in [-0.1, -0.05) is 17.8 Å². The Morgan fingerprint density at radius 1 is 1.08 bits per heavy atom. The molecule has 0 unspecified atom stereocenters. The zero-order chi connectivity index (χ0) is 17.1. The van der Waals surface area contributed by atoms with Crippen LogP contribution in [0.1, 0.15) is 0 Å². The molecule has 1 aromatic heterocycles. The fourth-order valence-corrected chi connectivity index (χ4v) is 3.70. The van der Waals surface area contributed by atoms with E-state index in [1.807, 2.05) is 30.3 Å². The predicted octanol–water partition coefficient (Wildman–Crippen LogP) is 2.69. The Hall–Kier alpha value is -2.38. The van der Waals surface area contributed by atoms with E-state index in [0.717, 1.165) is 32.0 Å². The molecule has 6 nitrogen and oxygen atoms in total. The Balaban J connectivity index is 1.56. The number of pyridine rings is 1. The Kier molecular flexibility index (Phi) is 4.67. The number of amides is 1. The van der Waals surface area contributed by atoms with Gasteiger partial charge in [0.25, 0.3) is 0 Å². The second kappa shape index (κ2) is 7.25. The number of ether oxygens (including phenoxy) is 1. The van der Waals surface area contributed by atoms with Crippen LogP contribution in [0.4, 0.5) is 17.2 Å². The highest BCUT2D eigenvalue weighted by atomic mass is 32.2. The molecular formula is C18H18N4O2S. The molecule has 0 saturated carbocycles. The van der Waals surface area contributed by atoms with Crippen molar-refractivity contribution in [1.82, 2.24) is 4.98 Å². The third kappa shape index (κ3) is 3.52. The van der Waals surface area contributed by atoms with E-state index in [-0.39, 0.29) is 5.91 Å². The maximum atomic E-state index is 12.2. The summed E-state index contributed by atoms with van der Waals surface area (Å²) >= 11 is 1.44. The van der Waals surface area contributed by atoms with Crippen LogP contribution in [0.15, 0.2) is 53.7 Å². The van der Waals surface area contributed by atoms with Gasteiger partial charge in [0.1, 0.15) is 5.82 Å². The Bertz CT molecular complexity index is 773. The summed E-state index contributed by atoms with van der Waals surface area (Å²) in [6.45, 7) is 3.35. The predicted molar refractivity (Wildman–Crippen MR) is 101 cm³/mol. The van der Waals surface area contributed by atoms with Gasteiger partial charge in [-0.25, -0.2) is 14.9 Å². The van der Waals surface area contributed by atoms with Gasteiger partial charge in [-0.05, 0) is 36.4 Å². The Labute approximate surface area is 150 Å². The molecule has 1 aromatic carbocycles. The molecule has 128 valence electrons. The summed E-state index contributed by atoms with van der Waals surface area (Å²) in [5, 5.41) is 0.669. The molecule has 3 heterocycles. The highest BCUT2D eigenvalue weighted by Crippen LogP contribution is 2.28. The third-order valence-electron chi connectivity index (χ3n) is 4.09. The van der Waals surface area contributed by atoms with Crippen LogP contribution in [0.25, 0.3) is 0 Å². The van der Waals surface area contributed by atoms with E-state index in [0.29, 0.717) is 16.7 Å². The van der Waals surface area contributed by atoms with Gasteiger partial charge in [-0.3, -0.25) is 4.79 Å². The maximum Gasteiger partial charge on any atom is 0.244 e. The molecule has 0 spiro atoms. The molecule has 2 saturated heterocycles. The van der Waals surface area contributed by atoms with Crippen molar-refractivity contribution in [2.24, 2.45) is 4.99 Å². The first-order chi connectivity index (χ1) is 12.3. The summed E-state index contributed by atoms with van der Waals surface area (Å²) in [5.74, 6) is 1.01. The fraction of sp³-hybridized carbons (Fsp3) is 0.278. The molecule has 2 aliphatic heterocycles. The average molecular weight is 354 g/mol. The van der Waals surface area contributed by atoms with E-state index in [2.05, 4.69) is 27.0 Å². The van der Waals surface area contributed by atoms with Gasteiger partial charge in [0.05, 0.1) is 24.7 Å². The molecular weight excluding hydrogens is 336 g/mol. The van der Waals surface area contributed by atoms with Crippen molar-refractivity contribution in [3.05, 3.63) is 48.7 Å². The molecule has 0 atom stereocenters. The van der Waals surface area contributed by atoms with Gasteiger partial charge in [0, 0.05) is 25.0 Å². The third-order valence-corrected chi connectivity index (χ3v) is 5.02. The lowest BCUT2D eigenvalue weighted by Gasteiger charge is -2.28. The van der Waals surface area contributed by atoms with Crippen molar-refractivity contribution in [3.8, 4) is 0 Å². The number of aliphatic imine (C=N–C) groups is 1. The van der Waals surface area contributed by atoms with Crippen LogP contribution in [0.5, 0.6) is 0 Å². The van der Waals surface area contributed by atoms with E-state index in [4.69, 9.17) is 4.74 Å². The SMILES string of the molecule is O=C1CSC(=Nc2ccc(N3CCOCC3)cc2)N1c1ccccn1. The van der Waals surface area contributed by atoms with Crippen molar-refractivity contribution >= 4 is 40.0 Å². The van der Waals surface area contributed by atoms with Gasteiger partial charge in [0.2, 0.25) is 5.91 Å². The molecule has 4 rings (SSSR count). The molecule has 0 N–H and O–H groups in total. The van der Waals surface area contributed by atoms with Crippen LogP contribution in [-0.4, -0.2) is 48.1 Å². The zero-order valence-electron chi connectivity index (χ0n) is 13.7. The lowest BCUT2D eigenvalue weighted by molar-refractivity contribution is -0.115. The lowest BCUT2D eigenvalue weighted by atomic mass is 10.2. The number of carbonyl (C=O) groups is 1. The minimum absolute atomic E-state index is 0.00684. The number of hydrogen-bond acceptors (Lipinski definition) is 6. The summed E-state index contributed by atoms with van der Waals surface area (Å²) in [5.41, 5.74) is 2.00. The van der Waals surface area contributed by atoms with Crippen LogP contribution in [0.2, 0.25) is 0 Å². The van der Waals surface area contributed by atoms with Gasteiger partial charge >= 0.3 is 0 Å². The van der Waals surface area contributed by atoms with E-state index in [9.17, 15) is 4.79 Å². The molecule has 2 aliphatic rings. The van der Waals surface area contributed by atoms with Gasteiger partial charge in [0.15, 0.2) is 5.17 Å². The number of morpholine rings is 1. The first kappa shape index (κ1) is 16.1. The van der Waals surface area contributed by atoms with E-state index < -0.39 is 0 Å². The molecule has 25 heavy (non-hydrogen) atoms. The number of rotatable bonds is 3. The molecule has 1 amide bonds. The average Bonchev–Trinajstić information content (AvgIpc) is 3.04.